The Morgan fingerprint density at radius 2 is 1.76 bits per heavy atom. The predicted octanol–water partition coefficient (Wildman–Crippen LogP) is 5.90. The van der Waals surface area contributed by atoms with Gasteiger partial charge in [0.25, 0.3) is 0 Å². The van der Waals surface area contributed by atoms with Crippen LogP contribution in [0.5, 0.6) is 0 Å². The molecule has 0 fully saturated rings. The van der Waals surface area contributed by atoms with Gasteiger partial charge in [0, 0.05) is 17.3 Å². The second-order valence-corrected chi connectivity index (χ2v) is 8.53. The molecule has 0 saturated carbocycles. The van der Waals surface area contributed by atoms with Crippen LogP contribution in [0.2, 0.25) is 0 Å². The van der Waals surface area contributed by atoms with Gasteiger partial charge >= 0.3 is 0 Å². The molecular weight excluding hydrogens is 396 g/mol. The molecule has 0 atom stereocenters. The third kappa shape index (κ3) is 3.81. The van der Waals surface area contributed by atoms with E-state index >= 15 is 0 Å². The molecule has 142 valence electrons. The maximum absolute atomic E-state index is 4.57. The summed E-state index contributed by atoms with van der Waals surface area (Å²) in [4.78, 5) is 5.71. The molecule has 0 aliphatic rings. The fraction of sp³-hybridized carbons (Fsp3) is 0.0870. The normalized spacial score (nSPS) is 11.2. The van der Waals surface area contributed by atoms with Gasteiger partial charge in [-0.2, -0.15) is 0 Å². The number of benzene rings is 2. The lowest BCUT2D eigenvalue weighted by Crippen LogP contribution is -2.03. The summed E-state index contributed by atoms with van der Waals surface area (Å²) in [6.07, 6.45) is 1.85. The molecular formula is C23H18N4S2. The summed E-state index contributed by atoms with van der Waals surface area (Å²) in [6, 6.07) is 25.0. The molecule has 5 aromatic rings. The molecule has 0 unspecified atom stereocenters. The average Bonchev–Trinajstić information content (AvgIpc) is 3.43. The van der Waals surface area contributed by atoms with Gasteiger partial charge < -0.3 is 0 Å². The van der Waals surface area contributed by atoms with Gasteiger partial charge in [-0.15, -0.1) is 21.5 Å². The molecule has 3 aromatic heterocycles. The molecule has 0 spiro atoms. The number of aromatic nitrogens is 4. The van der Waals surface area contributed by atoms with E-state index in [4.69, 9.17) is 0 Å². The summed E-state index contributed by atoms with van der Waals surface area (Å²) in [5.74, 6) is 1.72. The fourth-order valence-corrected chi connectivity index (χ4v) is 4.96. The molecule has 0 amide bonds. The minimum Gasteiger partial charge on any atom is -0.297 e. The summed E-state index contributed by atoms with van der Waals surface area (Å²) in [5, 5.41) is 13.2. The van der Waals surface area contributed by atoms with Crippen LogP contribution < -0.4 is 0 Å². The van der Waals surface area contributed by atoms with E-state index < -0.39 is 0 Å². The number of rotatable bonds is 6. The van der Waals surface area contributed by atoms with Crippen molar-refractivity contribution in [2.45, 2.75) is 17.5 Å². The SMILES string of the molecule is c1ccc(Cn2c(SCc3cccc4cccnc34)nnc2-c2cccs2)cc1. The maximum Gasteiger partial charge on any atom is 0.192 e. The van der Waals surface area contributed by atoms with E-state index in [1.54, 1.807) is 23.1 Å². The minimum atomic E-state index is 0.747. The van der Waals surface area contributed by atoms with Crippen molar-refractivity contribution >= 4 is 34.0 Å². The third-order valence-electron chi connectivity index (χ3n) is 4.71. The molecule has 29 heavy (non-hydrogen) atoms. The lowest BCUT2D eigenvalue weighted by atomic mass is 10.1. The van der Waals surface area contributed by atoms with Crippen LogP contribution in [-0.2, 0) is 12.3 Å². The third-order valence-corrected chi connectivity index (χ3v) is 6.60. The predicted molar refractivity (Wildman–Crippen MR) is 120 cm³/mol. The summed E-state index contributed by atoms with van der Waals surface area (Å²) in [7, 11) is 0. The number of hydrogen-bond donors (Lipinski definition) is 0. The van der Waals surface area contributed by atoms with E-state index in [0.29, 0.717) is 0 Å². The van der Waals surface area contributed by atoms with Crippen molar-refractivity contribution in [3.63, 3.8) is 0 Å². The first-order valence-corrected chi connectivity index (χ1v) is 11.2. The number of para-hydroxylation sites is 1. The molecule has 0 aliphatic heterocycles. The summed E-state index contributed by atoms with van der Waals surface area (Å²) in [5.41, 5.74) is 3.49. The van der Waals surface area contributed by atoms with Crippen molar-refractivity contribution in [1.29, 1.82) is 0 Å². The maximum atomic E-state index is 4.57. The van der Waals surface area contributed by atoms with Crippen molar-refractivity contribution in [2.75, 3.05) is 0 Å². The highest BCUT2D eigenvalue weighted by atomic mass is 32.2. The number of thioether (sulfide) groups is 1. The van der Waals surface area contributed by atoms with Crippen LogP contribution in [0.1, 0.15) is 11.1 Å². The highest BCUT2D eigenvalue weighted by molar-refractivity contribution is 7.98. The highest BCUT2D eigenvalue weighted by Gasteiger charge is 2.16. The Hall–Kier alpha value is -2.96. The monoisotopic (exact) mass is 414 g/mol. The second-order valence-electron chi connectivity index (χ2n) is 6.64. The van der Waals surface area contributed by atoms with Gasteiger partial charge in [-0.25, -0.2) is 0 Å². The minimum absolute atomic E-state index is 0.747. The highest BCUT2D eigenvalue weighted by Crippen LogP contribution is 2.30. The Kier molecular flexibility index (Phi) is 5.11. The lowest BCUT2D eigenvalue weighted by molar-refractivity contribution is 0.715. The van der Waals surface area contributed by atoms with Gasteiger partial charge in [-0.3, -0.25) is 9.55 Å². The van der Waals surface area contributed by atoms with E-state index in [2.05, 4.69) is 85.8 Å². The first-order valence-electron chi connectivity index (χ1n) is 9.35. The fourth-order valence-electron chi connectivity index (χ4n) is 3.32. The van der Waals surface area contributed by atoms with E-state index in [9.17, 15) is 0 Å². The van der Waals surface area contributed by atoms with Crippen molar-refractivity contribution in [2.24, 2.45) is 0 Å². The first kappa shape index (κ1) is 18.1. The van der Waals surface area contributed by atoms with Gasteiger partial charge in [0.15, 0.2) is 11.0 Å². The molecule has 6 heteroatoms. The van der Waals surface area contributed by atoms with Crippen LogP contribution in [0, 0.1) is 0 Å². The van der Waals surface area contributed by atoms with Crippen LogP contribution >= 0.6 is 23.1 Å². The van der Waals surface area contributed by atoms with Crippen molar-refractivity contribution in [3.8, 4) is 10.7 Å². The topological polar surface area (TPSA) is 43.6 Å². The molecule has 0 radical (unpaired) electrons. The molecule has 0 bridgehead atoms. The Labute approximate surface area is 177 Å². The van der Waals surface area contributed by atoms with Gasteiger partial charge in [-0.1, -0.05) is 72.4 Å². The Morgan fingerprint density at radius 3 is 2.62 bits per heavy atom. The van der Waals surface area contributed by atoms with E-state index in [0.717, 1.165) is 39.1 Å². The van der Waals surface area contributed by atoms with E-state index in [-0.39, 0.29) is 0 Å². The quantitative estimate of drug-likeness (QED) is 0.325. The number of thiophene rings is 1. The zero-order valence-corrected chi connectivity index (χ0v) is 17.2. The average molecular weight is 415 g/mol. The molecule has 0 saturated heterocycles. The van der Waals surface area contributed by atoms with Crippen molar-refractivity contribution in [3.05, 3.63) is 95.5 Å². The van der Waals surface area contributed by atoms with Crippen LogP contribution in [0.4, 0.5) is 0 Å². The Bertz CT molecular complexity index is 1230. The zero-order chi connectivity index (χ0) is 19.5. The van der Waals surface area contributed by atoms with E-state index in [1.165, 1.54) is 11.1 Å². The van der Waals surface area contributed by atoms with Gasteiger partial charge in [0.2, 0.25) is 0 Å². The lowest BCUT2D eigenvalue weighted by Gasteiger charge is -2.10. The van der Waals surface area contributed by atoms with Crippen LogP contribution in [0.3, 0.4) is 0 Å². The molecule has 4 nitrogen and oxygen atoms in total. The van der Waals surface area contributed by atoms with Crippen molar-refractivity contribution < 1.29 is 0 Å². The largest absolute Gasteiger partial charge is 0.297 e. The van der Waals surface area contributed by atoms with Gasteiger partial charge in [0.1, 0.15) is 0 Å². The number of hydrogen-bond acceptors (Lipinski definition) is 5. The van der Waals surface area contributed by atoms with Crippen LogP contribution in [-0.4, -0.2) is 19.7 Å². The molecule has 2 aromatic carbocycles. The summed E-state index contributed by atoms with van der Waals surface area (Å²) < 4.78 is 2.21. The number of nitrogens with zero attached hydrogens (tertiary/aromatic N) is 4. The second kappa shape index (κ2) is 8.19. The number of pyridine rings is 1. The Balaban J connectivity index is 1.48. The summed E-state index contributed by atoms with van der Waals surface area (Å²) in [6.45, 7) is 0.747. The number of fused-ring (bicyclic) bond motifs is 1. The Morgan fingerprint density at radius 1 is 0.862 bits per heavy atom. The van der Waals surface area contributed by atoms with Gasteiger partial charge in [-0.05, 0) is 28.6 Å². The first-order chi connectivity index (χ1) is 14.4. The van der Waals surface area contributed by atoms with Crippen molar-refractivity contribution in [1.82, 2.24) is 19.7 Å². The smallest absolute Gasteiger partial charge is 0.192 e. The van der Waals surface area contributed by atoms with Crippen LogP contribution in [0.15, 0.2) is 89.5 Å². The molecule has 0 N–H and O–H groups in total. The van der Waals surface area contributed by atoms with E-state index in [1.807, 2.05) is 18.3 Å². The van der Waals surface area contributed by atoms with Crippen LogP contribution in [0.25, 0.3) is 21.6 Å². The van der Waals surface area contributed by atoms with Gasteiger partial charge in [0.05, 0.1) is 16.9 Å². The standard InChI is InChI=1S/C23H18N4S2/c1-2-7-17(8-3-1)15-27-22(20-12-6-14-28-20)25-26-23(27)29-16-19-10-4-9-18-11-5-13-24-21(18)19/h1-14H,15-16H2. The summed E-state index contributed by atoms with van der Waals surface area (Å²) >= 11 is 3.39. The molecule has 5 rings (SSSR count). The zero-order valence-electron chi connectivity index (χ0n) is 15.6. The molecule has 3 heterocycles. The molecule has 0 aliphatic carbocycles.